The maximum absolute atomic E-state index is 11.8. The van der Waals surface area contributed by atoms with E-state index in [2.05, 4.69) is 5.32 Å². The zero-order chi connectivity index (χ0) is 18.4. The molecule has 0 unspecified atom stereocenters. The summed E-state index contributed by atoms with van der Waals surface area (Å²) < 4.78 is 10.3. The number of rotatable bonds is 6. The Hall–Kier alpha value is -2.53. The monoisotopic (exact) mass is 361 g/mol. The molecule has 0 saturated heterocycles. The Balaban J connectivity index is 1.76. The molecule has 5 nitrogen and oxygen atoms in total. The maximum atomic E-state index is 11.8. The molecular formula is C19H20ClNO4. The summed E-state index contributed by atoms with van der Waals surface area (Å²) in [6.45, 7) is 5.17. The van der Waals surface area contributed by atoms with E-state index in [1.54, 1.807) is 24.3 Å². The molecule has 0 bridgehead atoms. The molecule has 0 heterocycles. The van der Waals surface area contributed by atoms with Gasteiger partial charge in [-0.25, -0.2) is 4.79 Å². The van der Waals surface area contributed by atoms with Crippen LogP contribution in [0.2, 0.25) is 5.02 Å². The van der Waals surface area contributed by atoms with Crippen LogP contribution >= 0.6 is 11.6 Å². The molecule has 25 heavy (non-hydrogen) atoms. The molecule has 0 saturated carbocycles. The van der Waals surface area contributed by atoms with Crippen LogP contribution in [0.25, 0.3) is 0 Å². The molecule has 2 rings (SSSR count). The third-order valence-corrected chi connectivity index (χ3v) is 4.06. The number of carbonyl (C=O) groups excluding carboxylic acids is 2. The summed E-state index contributed by atoms with van der Waals surface area (Å²) in [5, 5.41) is 3.16. The van der Waals surface area contributed by atoms with Crippen LogP contribution in [0.15, 0.2) is 36.4 Å². The summed E-state index contributed by atoms with van der Waals surface area (Å²) in [5.74, 6) is -0.478. The molecule has 0 aliphatic carbocycles. The molecular weight excluding hydrogens is 342 g/mol. The Bertz CT molecular complexity index is 789. The molecule has 0 aromatic heterocycles. The zero-order valence-electron chi connectivity index (χ0n) is 14.4. The van der Waals surface area contributed by atoms with Gasteiger partial charge >= 0.3 is 5.97 Å². The van der Waals surface area contributed by atoms with Gasteiger partial charge in [-0.05, 0) is 61.7 Å². The number of amides is 1. The fraction of sp³-hybridized carbons (Fsp3) is 0.263. The molecule has 2 aromatic rings. The van der Waals surface area contributed by atoms with Gasteiger partial charge in [0.1, 0.15) is 5.75 Å². The first-order valence-corrected chi connectivity index (χ1v) is 8.14. The van der Waals surface area contributed by atoms with Crippen LogP contribution < -0.4 is 10.1 Å². The molecule has 0 fully saturated rings. The van der Waals surface area contributed by atoms with Crippen LogP contribution in [0.3, 0.4) is 0 Å². The van der Waals surface area contributed by atoms with Crippen LogP contribution in [0.4, 0.5) is 5.69 Å². The largest absolute Gasteiger partial charge is 0.482 e. The van der Waals surface area contributed by atoms with E-state index in [1.807, 2.05) is 32.9 Å². The Morgan fingerprint density at radius 1 is 0.960 bits per heavy atom. The van der Waals surface area contributed by atoms with Crippen LogP contribution in [0, 0.1) is 20.8 Å². The molecule has 6 heteroatoms. The molecule has 0 atom stereocenters. The standard InChI is InChI=1S/C19H20ClNO4/c1-12-5-7-16(8-14(12)3)24-11-19(23)25-10-18(22)21-15-6-4-13(2)17(20)9-15/h4-9H,10-11H2,1-3H3,(H,21,22). The van der Waals surface area contributed by atoms with E-state index in [1.165, 1.54) is 0 Å². The van der Waals surface area contributed by atoms with E-state index in [0.29, 0.717) is 16.5 Å². The lowest BCUT2D eigenvalue weighted by molar-refractivity contribution is -0.149. The summed E-state index contributed by atoms with van der Waals surface area (Å²) in [6, 6.07) is 10.7. The van der Waals surface area contributed by atoms with Gasteiger partial charge in [-0.15, -0.1) is 0 Å². The number of hydrogen-bond acceptors (Lipinski definition) is 4. The van der Waals surface area contributed by atoms with E-state index in [4.69, 9.17) is 21.1 Å². The van der Waals surface area contributed by atoms with Crippen LogP contribution in [-0.2, 0) is 14.3 Å². The van der Waals surface area contributed by atoms with Crippen molar-refractivity contribution in [3.63, 3.8) is 0 Å². The molecule has 0 aliphatic heterocycles. The number of nitrogens with one attached hydrogen (secondary N) is 1. The summed E-state index contributed by atoms with van der Waals surface area (Å²) in [5.41, 5.74) is 3.67. The van der Waals surface area contributed by atoms with Crippen molar-refractivity contribution in [1.82, 2.24) is 0 Å². The molecule has 0 spiro atoms. The number of ether oxygens (including phenoxy) is 2. The fourth-order valence-corrected chi connectivity index (χ4v) is 2.18. The predicted molar refractivity (Wildman–Crippen MR) is 97.2 cm³/mol. The fourth-order valence-electron chi connectivity index (χ4n) is 2.00. The van der Waals surface area contributed by atoms with Crippen LogP contribution in [0.1, 0.15) is 16.7 Å². The smallest absolute Gasteiger partial charge is 0.344 e. The van der Waals surface area contributed by atoms with Crippen molar-refractivity contribution in [2.24, 2.45) is 0 Å². The van der Waals surface area contributed by atoms with Gasteiger partial charge in [-0.3, -0.25) is 4.79 Å². The van der Waals surface area contributed by atoms with Crippen molar-refractivity contribution >= 4 is 29.2 Å². The lowest BCUT2D eigenvalue weighted by Crippen LogP contribution is -2.23. The molecule has 0 radical (unpaired) electrons. The Morgan fingerprint density at radius 3 is 2.36 bits per heavy atom. The first-order chi connectivity index (χ1) is 11.8. The van der Waals surface area contributed by atoms with Crippen molar-refractivity contribution in [3.05, 3.63) is 58.1 Å². The topological polar surface area (TPSA) is 64.6 Å². The van der Waals surface area contributed by atoms with Gasteiger partial charge in [0, 0.05) is 10.7 Å². The number of benzene rings is 2. The second-order valence-corrected chi connectivity index (χ2v) is 6.11. The third-order valence-electron chi connectivity index (χ3n) is 3.65. The second-order valence-electron chi connectivity index (χ2n) is 5.71. The minimum Gasteiger partial charge on any atom is -0.482 e. The number of anilines is 1. The van der Waals surface area contributed by atoms with E-state index < -0.39 is 11.9 Å². The lowest BCUT2D eigenvalue weighted by Gasteiger charge is -2.09. The first-order valence-electron chi connectivity index (χ1n) is 7.77. The quantitative estimate of drug-likeness (QED) is 0.794. The Kier molecular flexibility index (Phi) is 6.42. The highest BCUT2D eigenvalue weighted by Crippen LogP contribution is 2.20. The highest BCUT2D eigenvalue weighted by molar-refractivity contribution is 6.31. The average Bonchev–Trinajstić information content (AvgIpc) is 2.57. The van der Waals surface area contributed by atoms with Crippen molar-refractivity contribution in [2.45, 2.75) is 20.8 Å². The summed E-state index contributed by atoms with van der Waals surface area (Å²) >= 11 is 5.99. The molecule has 2 aromatic carbocycles. The van der Waals surface area contributed by atoms with Crippen LogP contribution in [-0.4, -0.2) is 25.1 Å². The van der Waals surface area contributed by atoms with Crippen molar-refractivity contribution in [2.75, 3.05) is 18.5 Å². The van der Waals surface area contributed by atoms with Crippen molar-refractivity contribution < 1.29 is 19.1 Å². The van der Waals surface area contributed by atoms with Crippen LogP contribution in [0.5, 0.6) is 5.75 Å². The lowest BCUT2D eigenvalue weighted by atomic mass is 10.1. The number of esters is 1. The Labute approximate surface area is 151 Å². The zero-order valence-corrected chi connectivity index (χ0v) is 15.1. The number of aryl methyl sites for hydroxylation is 3. The van der Waals surface area contributed by atoms with Gasteiger partial charge in [0.15, 0.2) is 13.2 Å². The molecule has 132 valence electrons. The van der Waals surface area contributed by atoms with E-state index in [-0.39, 0.29) is 13.2 Å². The van der Waals surface area contributed by atoms with E-state index in [9.17, 15) is 9.59 Å². The van der Waals surface area contributed by atoms with E-state index in [0.717, 1.165) is 16.7 Å². The van der Waals surface area contributed by atoms with Gasteiger partial charge in [0.25, 0.3) is 5.91 Å². The summed E-state index contributed by atoms with van der Waals surface area (Å²) in [6.07, 6.45) is 0. The summed E-state index contributed by atoms with van der Waals surface area (Å²) in [4.78, 5) is 23.5. The van der Waals surface area contributed by atoms with Gasteiger partial charge in [0.05, 0.1) is 0 Å². The van der Waals surface area contributed by atoms with Gasteiger partial charge in [0.2, 0.25) is 0 Å². The SMILES string of the molecule is Cc1ccc(OCC(=O)OCC(=O)Nc2ccc(C)c(Cl)c2)cc1C. The minimum absolute atomic E-state index is 0.258. The molecule has 1 amide bonds. The van der Waals surface area contributed by atoms with Crippen molar-refractivity contribution in [1.29, 1.82) is 0 Å². The highest BCUT2D eigenvalue weighted by atomic mass is 35.5. The average molecular weight is 362 g/mol. The first kappa shape index (κ1) is 18.8. The normalized spacial score (nSPS) is 10.2. The summed E-state index contributed by atoms with van der Waals surface area (Å²) in [7, 11) is 0. The predicted octanol–water partition coefficient (Wildman–Crippen LogP) is 3.83. The second kappa shape index (κ2) is 8.53. The van der Waals surface area contributed by atoms with Crippen molar-refractivity contribution in [3.8, 4) is 5.75 Å². The highest BCUT2D eigenvalue weighted by Gasteiger charge is 2.10. The maximum Gasteiger partial charge on any atom is 0.344 e. The van der Waals surface area contributed by atoms with Gasteiger partial charge in [-0.1, -0.05) is 23.7 Å². The van der Waals surface area contributed by atoms with E-state index >= 15 is 0 Å². The molecule has 0 aliphatic rings. The molecule has 1 N–H and O–H groups in total. The number of halogens is 1. The number of carbonyl (C=O) groups is 2. The third kappa shape index (κ3) is 5.80. The minimum atomic E-state index is -0.615. The Morgan fingerprint density at radius 2 is 1.68 bits per heavy atom. The van der Waals surface area contributed by atoms with Gasteiger partial charge < -0.3 is 14.8 Å². The number of hydrogen-bond donors (Lipinski definition) is 1. The van der Waals surface area contributed by atoms with Gasteiger partial charge in [-0.2, -0.15) is 0 Å².